The summed E-state index contributed by atoms with van der Waals surface area (Å²) < 4.78 is 17.0. The molecule has 0 amide bonds. The molecule has 0 aliphatic carbocycles. The Kier molecular flexibility index (Phi) is 5.28. The molecule has 2 aromatic rings. The largest absolute Gasteiger partial charge is 0.544 e. The molecule has 0 saturated carbocycles. The summed E-state index contributed by atoms with van der Waals surface area (Å²) in [5.74, 6) is 2.40. The summed E-state index contributed by atoms with van der Waals surface area (Å²) >= 11 is 0. The van der Waals surface area contributed by atoms with Crippen LogP contribution in [0.5, 0.6) is 17.2 Å². The molecule has 0 radical (unpaired) electrons. The molecule has 0 fully saturated rings. The van der Waals surface area contributed by atoms with Gasteiger partial charge in [-0.25, -0.2) is 0 Å². The van der Waals surface area contributed by atoms with Crippen molar-refractivity contribution in [1.29, 1.82) is 0 Å². The molecule has 0 saturated heterocycles. The molecule has 4 heteroatoms. The molecule has 0 aromatic heterocycles. The van der Waals surface area contributed by atoms with E-state index in [9.17, 15) is 0 Å². The first-order valence-electron chi connectivity index (χ1n) is 8.19. The zero-order valence-corrected chi connectivity index (χ0v) is 16.8. The molecule has 2 aromatic carbocycles. The minimum atomic E-state index is -1.81. The third kappa shape index (κ3) is 3.93. The van der Waals surface area contributed by atoms with E-state index in [1.54, 1.807) is 14.2 Å². The van der Waals surface area contributed by atoms with Crippen LogP contribution >= 0.6 is 0 Å². The van der Waals surface area contributed by atoms with E-state index in [1.807, 2.05) is 30.3 Å². The minimum absolute atomic E-state index is 0.190. The lowest BCUT2D eigenvalue weighted by Crippen LogP contribution is -2.43. The van der Waals surface area contributed by atoms with Gasteiger partial charge < -0.3 is 13.9 Å². The molecule has 130 valence electrons. The standard InChI is InChI=1S/C20H28O3Si/c1-20(2,3)24(6,7)23-17-11-8-15(9-12-17)16-10-13-18(21-4)19(14-16)22-5/h8-14H,1-7H3. The van der Waals surface area contributed by atoms with E-state index in [2.05, 4.69) is 46.0 Å². The first-order valence-corrected chi connectivity index (χ1v) is 11.1. The van der Waals surface area contributed by atoms with Gasteiger partial charge in [-0.1, -0.05) is 39.0 Å². The summed E-state index contributed by atoms with van der Waals surface area (Å²) in [6.45, 7) is 11.3. The zero-order valence-electron chi connectivity index (χ0n) is 15.8. The maximum Gasteiger partial charge on any atom is 0.250 e. The van der Waals surface area contributed by atoms with E-state index in [0.29, 0.717) is 0 Å². The Morgan fingerprint density at radius 2 is 1.29 bits per heavy atom. The molecule has 0 bridgehead atoms. The molecule has 0 spiro atoms. The molecule has 24 heavy (non-hydrogen) atoms. The summed E-state index contributed by atoms with van der Waals surface area (Å²) in [7, 11) is 1.49. The van der Waals surface area contributed by atoms with Gasteiger partial charge in [0.05, 0.1) is 14.2 Å². The molecule has 0 aliphatic heterocycles. The molecule has 3 nitrogen and oxygen atoms in total. The monoisotopic (exact) mass is 344 g/mol. The minimum Gasteiger partial charge on any atom is -0.544 e. The van der Waals surface area contributed by atoms with Gasteiger partial charge in [-0.2, -0.15) is 0 Å². The van der Waals surface area contributed by atoms with Crippen molar-refractivity contribution in [3.05, 3.63) is 42.5 Å². The van der Waals surface area contributed by atoms with Crippen LogP contribution in [0.3, 0.4) is 0 Å². The van der Waals surface area contributed by atoms with Crippen molar-refractivity contribution in [3.63, 3.8) is 0 Å². The summed E-state index contributed by atoms with van der Waals surface area (Å²) in [5, 5.41) is 0.190. The van der Waals surface area contributed by atoms with Gasteiger partial charge >= 0.3 is 0 Å². The highest BCUT2D eigenvalue weighted by Gasteiger charge is 2.38. The van der Waals surface area contributed by atoms with E-state index >= 15 is 0 Å². The van der Waals surface area contributed by atoms with Gasteiger partial charge in [0.1, 0.15) is 5.75 Å². The van der Waals surface area contributed by atoms with Crippen molar-refractivity contribution in [3.8, 4) is 28.4 Å². The number of benzene rings is 2. The lowest BCUT2D eigenvalue weighted by Gasteiger charge is -2.36. The molecule has 0 atom stereocenters. The summed E-state index contributed by atoms with van der Waals surface area (Å²) in [6, 6.07) is 14.2. The maximum atomic E-state index is 6.33. The molecule has 0 N–H and O–H groups in total. The predicted molar refractivity (Wildman–Crippen MR) is 103 cm³/mol. The average Bonchev–Trinajstić information content (AvgIpc) is 2.53. The van der Waals surface area contributed by atoms with Crippen LogP contribution in [0.15, 0.2) is 42.5 Å². The lowest BCUT2D eigenvalue weighted by molar-refractivity contribution is 0.355. The third-order valence-electron chi connectivity index (χ3n) is 4.75. The van der Waals surface area contributed by atoms with Gasteiger partial charge in [-0.3, -0.25) is 0 Å². The summed E-state index contributed by atoms with van der Waals surface area (Å²) in [5.41, 5.74) is 2.21. The Bertz CT molecular complexity index is 685. The van der Waals surface area contributed by atoms with Crippen molar-refractivity contribution in [1.82, 2.24) is 0 Å². The number of rotatable bonds is 5. The fourth-order valence-corrected chi connectivity index (χ4v) is 3.21. The Morgan fingerprint density at radius 3 is 1.79 bits per heavy atom. The normalized spacial score (nSPS) is 12.0. The van der Waals surface area contributed by atoms with E-state index < -0.39 is 8.32 Å². The highest BCUT2D eigenvalue weighted by atomic mass is 28.4. The number of hydrogen-bond donors (Lipinski definition) is 0. The van der Waals surface area contributed by atoms with Gasteiger partial charge in [0.25, 0.3) is 0 Å². The third-order valence-corrected chi connectivity index (χ3v) is 9.11. The second-order valence-electron chi connectivity index (χ2n) is 7.46. The second kappa shape index (κ2) is 6.89. The maximum absolute atomic E-state index is 6.33. The zero-order chi connectivity index (χ0) is 18.0. The fraction of sp³-hybridized carbons (Fsp3) is 0.400. The molecule has 0 heterocycles. The van der Waals surface area contributed by atoms with Gasteiger partial charge in [0.2, 0.25) is 8.32 Å². The number of ether oxygens (including phenoxy) is 2. The van der Waals surface area contributed by atoms with Gasteiger partial charge in [0.15, 0.2) is 11.5 Å². The van der Waals surface area contributed by atoms with E-state index in [-0.39, 0.29) is 5.04 Å². The first-order chi connectivity index (χ1) is 11.2. The van der Waals surface area contributed by atoms with Crippen LogP contribution < -0.4 is 13.9 Å². The molecule has 2 rings (SSSR count). The first kappa shape index (κ1) is 18.4. The fourth-order valence-electron chi connectivity index (χ4n) is 2.18. The van der Waals surface area contributed by atoms with Crippen LogP contribution in [0, 0.1) is 0 Å². The topological polar surface area (TPSA) is 27.7 Å². The SMILES string of the molecule is COc1ccc(-c2ccc(O[Si](C)(C)C(C)(C)C)cc2)cc1OC. The second-order valence-corrected chi connectivity index (χ2v) is 12.2. The van der Waals surface area contributed by atoms with Crippen molar-refractivity contribution < 1.29 is 13.9 Å². The van der Waals surface area contributed by atoms with Crippen molar-refractivity contribution in [2.75, 3.05) is 14.2 Å². The van der Waals surface area contributed by atoms with Crippen molar-refractivity contribution in [2.45, 2.75) is 38.9 Å². The quantitative estimate of drug-likeness (QED) is 0.646. The molecular formula is C20H28O3Si. The van der Waals surface area contributed by atoms with Gasteiger partial charge in [0, 0.05) is 0 Å². The summed E-state index contributed by atoms with van der Waals surface area (Å²) in [6.07, 6.45) is 0. The van der Waals surface area contributed by atoms with Crippen molar-refractivity contribution in [2.24, 2.45) is 0 Å². The van der Waals surface area contributed by atoms with Gasteiger partial charge in [-0.05, 0) is 53.5 Å². The van der Waals surface area contributed by atoms with Crippen LogP contribution in [0.2, 0.25) is 18.1 Å². The number of hydrogen-bond acceptors (Lipinski definition) is 3. The smallest absolute Gasteiger partial charge is 0.250 e. The molecule has 0 aliphatic rings. The van der Waals surface area contributed by atoms with E-state index in [0.717, 1.165) is 28.4 Å². The summed E-state index contributed by atoms with van der Waals surface area (Å²) in [4.78, 5) is 0. The van der Waals surface area contributed by atoms with Crippen LogP contribution in [0.1, 0.15) is 20.8 Å². The van der Waals surface area contributed by atoms with Crippen LogP contribution in [0.25, 0.3) is 11.1 Å². The Hall–Kier alpha value is -1.94. The van der Waals surface area contributed by atoms with Crippen LogP contribution in [-0.4, -0.2) is 22.5 Å². The van der Waals surface area contributed by atoms with E-state index in [4.69, 9.17) is 13.9 Å². The van der Waals surface area contributed by atoms with Crippen LogP contribution in [-0.2, 0) is 0 Å². The Morgan fingerprint density at radius 1 is 0.750 bits per heavy atom. The van der Waals surface area contributed by atoms with Crippen LogP contribution in [0.4, 0.5) is 0 Å². The molecular weight excluding hydrogens is 316 g/mol. The van der Waals surface area contributed by atoms with Crippen molar-refractivity contribution >= 4 is 8.32 Å². The average molecular weight is 345 g/mol. The molecule has 0 unspecified atom stereocenters. The Balaban J connectivity index is 2.24. The predicted octanol–water partition coefficient (Wildman–Crippen LogP) is 5.75. The van der Waals surface area contributed by atoms with Gasteiger partial charge in [-0.15, -0.1) is 0 Å². The van der Waals surface area contributed by atoms with E-state index in [1.165, 1.54) is 0 Å². The Labute approximate surface area is 146 Å². The lowest BCUT2D eigenvalue weighted by atomic mass is 10.1. The number of methoxy groups -OCH3 is 2. The highest BCUT2D eigenvalue weighted by Crippen LogP contribution is 2.38. The highest BCUT2D eigenvalue weighted by molar-refractivity contribution is 6.74.